The largest absolute Gasteiger partial charge is 0.374 e. The summed E-state index contributed by atoms with van der Waals surface area (Å²) in [4.78, 5) is 8.48. The quantitative estimate of drug-likeness (QED) is 0.620. The van der Waals surface area contributed by atoms with Crippen LogP contribution >= 0.6 is 34.2 Å². The molecule has 2 aromatic rings. The van der Waals surface area contributed by atoms with Crippen molar-refractivity contribution in [1.29, 1.82) is 0 Å². The topological polar surface area (TPSA) is 47.0 Å². The second kappa shape index (κ2) is 7.02. The molecule has 0 amide bonds. The van der Waals surface area contributed by atoms with Crippen LogP contribution in [0.25, 0.3) is 0 Å². The predicted molar refractivity (Wildman–Crippen MR) is 84.8 cm³/mol. The van der Waals surface area contributed by atoms with Gasteiger partial charge in [0.05, 0.1) is 0 Å². The summed E-state index contributed by atoms with van der Waals surface area (Å²) >= 11 is 8.24. The summed E-state index contributed by atoms with van der Waals surface area (Å²) in [6.07, 6.45) is 0. The third-order valence-corrected chi connectivity index (χ3v) is 3.14. The number of hydrogen-bond acceptors (Lipinski definition) is 4. The van der Waals surface area contributed by atoms with E-state index in [0.717, 1.165) is 9.26 Å². The van der Waals surface area contributed by atoms with Gasteiger partial charge >= 0.3 is 0 Å². The number of hydrogen-bond donors (Lipinski definition) is 1. The molecule has 0 unspecified atom stereocenters. The standard InChI is InChI=1S/C13H13ClIN3O/c1-2-19-8-13-17-11(14)7-12(18-13)16-10-5-3-4-9(15)6-10/h3-7H,2,8H2,1H3,(H,16,17,18). The summed E-state index contributed by atoms with van der Waals surface area (Å²) < 4.78 is 6.44. The lowest BCUT2D eigenvalue weighted by Crippen LogP contribution is -2.02. The number of rotatable bonds is 5. The van der Waals surface area contributed by atoms with E-state index >= 15 is 0 Å². The van der Waals surface area contributed by atoms with E-state index in [0.29, 0.717) is 30.0 Å². The molecule has 0 saturated carbocycles. The number of nitrogens with zero attached hydrogens (tertiary/aromatic N) is 2. The van der Waals surface area contributed by atoms with Crippen molar-refractivity contribution in [3.8, 4) is 0 Å². The Morgan fingerprint density at radius 1 is 1.32 bits per heavy atom. The summed E-state index contributed by atoms with van der Waals surface area (Å²) in [5.41, 5.74) is 0.962. The number of nitrogens with one attached hydrogen (secondary N) is 1. The minimum absolute atomic E-state index is 0.359. The Kier molecular flexibility index (Phi) is 5.35. The maximum atomic E-state index is 5.98. The normalized spacial score (nSPS) is 10.5. The Hall–Kier alpha value is -0.920. The molecule has 0 aliphatic carbocycles. The maximum absolute atomic E-state index is 5.98. The lowest BCUT2D eigenvalue weighted by molar-refractivity contribution is 0.128. The van der Waals surface area contributed by atoms with Gasteiger partial charge in [0, 0.05) is 21.9 Å². The first-order valence-corrected chi connectivity index (χ1v) is 7.27. The minimum Gasteiger partial charge on any atom is -0.374 e. The van der Waals surface area contributed by atoms with Crippen molar-refractivity contribution < 1.29 is 4.74 Å². The van der Waals surface area contributed by atoms with Crippen LogP contribution in [0.2, 0.25) is 5.15 Å². The van der Waals surface area contributed by atoms with E-state index in [4.69, 9.17) is 16.3 Å². The lowest BCUT2D eigenvalue weighted by atomic mass is 10.3. The second-order valence-electron chi connectivity index (χ2n) is 3.76. The monoisotopic (exact) mass is 389 g/mol. The van der Waals surface area contributed by atoms with Gasteiger partial charge in [-0.1, -0.05) is 17.7 Å². The molecule has 0 saturated heterocycles. The summed E-state index contributed by atoms with van der Waals surface area (Å²) in [6.45, 7) is 2.91. The van der Waals surface area contributed by atoms with E-state index in [1.165, 1.54) is 0 Å². The summed E-state index contributed by atoms with van der Waals surface area (Å²) in [5.74, 6) is 1.24. The van der Waals surface area contributed by atoms with Gasteiger partial charge in [-0.3, -0.25) is 0 Å². The first kappa shape index (κ1) is 14.5. The highest BCUT2D eigenvalue weighted by atomic mass is 127. The number of halogens is 2. The number of benzene rings is 1. The lowest BCUT2D eigenvalue weighted by Gasteiger charge is -2.08. The highest BCUT2D eigenvalue weighted by Crippen LogP contribution is 2.19. The zero-order chi connectivity index (χ0) is 13.7. The number of ether oxygens (including phenoxy) is 1. The van der Waals surface area contributed by atoms with Crippen LogP contribution < -0.4 is 5.32 Å². The van der Waals surface area contributed by atoms with E-state index < -0.39 is 0 Å². The van der Waals surface area contributed by atoms with E-state index in [2.05, 4.69) is 37.9 Å². The minimum atomic E-state index is 0.359. The molecule has 1 N–H and O–H groups in total. The molecule has 2 rings (SSSR count). The average Bonchev–Trinajstić information content (AvgIpc) is 2.35. The van der Waals surface area contributed by atoms with Crippen molar-refractivity contribution in [3.05, 3.63) is 44.9 Å². The van der Waals surface area contributed by atoms with Crippen LogP contribution in [0.4, 0.5) is 11.5 Å². The van der Waals surface area contributed by atoms with Gasteiger partial charge in [0.25, 0.3) is 0 Å². The van der Waals surface area contributed by atoms with Gasteiger partial charge in [-0.15, -0.1) is 0 Å². The molecule has 1 aromatic heterocycles. The molecule has 1 aromatic carbocycles. The third kappa shape index (κ3) is 4.59. The fraction of sp³-hybridized carbons (Fsp3) is 0.231. The Labute approximate surface area is 130 Å². The molecule has 0 aliphatic rings. The predicted octanol–water partition coefficient (Wildman–Crippen LogP) is 4.01. The summed E-state index contributed by atoms with van der Waals surface area (Å²) in [5, 5.41) is 3.61. The van der Waals surface area contributed by atoms with Gasteiger partial charge in [0.15, 0.2) is 5.82 Å². The highest BCUT2D eigenvalue weighted by Gasteiger charge is 2.04. The van der Waals surface area contributed by atoms with Gasteiger partial charge < -0.3 is 10.1 Å². The Morgan fingerprint density at radius 3 is 2.89 bits per heavy atom. The van der Waals surface area contributed by atoms with Gasteiger partial charge in [0.1, 0.15) is 17.6 Å². The van der Waals surface area contributed by atoms with Crippen LogP contribution in [0.5, 0.6) is 0 Å². The molecule has 0 atom stereocenters. The maximum Gasteiger partial charge on any atom is 0.158 e. The Bertz CT molecular complexity index is 565. The van der Waals surface area contributed by atoms with E-state index in [-0.39, 0.29) is 0 Å². The van der Waals surface area contributed by atoms with Gasteiger partial charge in [0.2, 0.25) is 0 Å². The van der Waals surface area contributed by atoms with E-state index in [9.17, 15) is 0 Å². The summed E-state index contributed by atoms with van der Waals surface area (Å²) in [7, 11) is 0. The Balaban J connectivity index is 2.17. The van der Waals surface area contributed by atoms with Crippen molar-refractivity contribution in [2.24, 2.45) is 0 Å². The van der Waals surface area contributed by atoms with E-state index in [1.807, 2.05) is 31.2 Å². The number of anilines is 2. The smallest absolute Gasteiger partial charge is 0.158 e. The molecular formula is C13H13ClIN3O. The van der Waals surface area contributed by atoms with Crippen molar-refractivity contribution in [2.75, 3.05) is 11.9 Å². The molecule has 19 heavy (non-hydrogen) atoms. The second-order valence-corrected chi connectivity index (χ2v) is 5.40. The molecular weight excluding hydrogens is 377 g/mol. The molecule has 100 valence electrons. The molecule has 0 bridgehead atoms. The van der Waals surface area contributed by atoms with Crippen molar-refractivity contribution in [1.82, 2.24) is 9.97 Å². The molecule has 4 nitrogen and oxygen atoms in total. The van der Waals surface area contributed by atoms with Crippen molar-refractivity contribution in [3.63, 3.8) is 0 Å². The first-order valence-electron chi connectivity index (χ1n) is 5.81. The SMILES string of the molecule is CCOCc1nc(Cl)cc(Nc2cccc(I)c2)n1. The summed E-state index contributed by atoms with van der Waals surface area (Å²) in [6, 6.07) is 9.70. The molecule has 0 radical (unpaired) electrons. The molecule has 0 fully saturated rings. The van der Waals surface area contributed by atoms with Crippen molar-refractivity contribution in [2.45, 2.75) is 13.5 Å². The van der Waals surface area contributed by atoms with Crippen LogP contribution in [-0.2, 0) is 11.3 Å². The molecule has 0 aliphatic heterocycles. The first-order chi connectivity index (χ1) is 9.17. The average molecular weight is 390 g/mol. The van der Waals surface area contributed by atoms with Crippen LogP contribution in [0.3, 0.4) is 0 Å². The Morgan fingerprint density at radius 2 is 2.16 bits per heavy atom. The van der Waals surface area contributed by atoms with Crippen LogP contribution in [0, 0.1) is 3.57 Å². The fourth-order valence-corrected chi connectivity index (χ4v) is 2.24. The zero-order valence-electron chi connectivity index (χ0n) is 10.4. The zero-order valence-corrected chi connectivity index (χ0v) is 13.3. The van der Waals surface area contributed by atoms with Gasteiger partial charge in [-0.2, -0.15) is 0 Å². The van der Waals surface area contributed by atoms with Crippen LogP contribution in [0.1, 0.15) is 12.7 Å². The van der Waals surface area contributed by atoms with Crippen molar-refractivity contribution >= 4 is 45.7 Å². The molecule has 6 heteroatoms. The van der Waals surface area contributed by atoms with E-state index in [1.54, 1.807) is 6.07 Å². The fourth-order valence-electron chi connectivity index (χ4n) is 1.50. The van der Waals surface area contributed by atoms with Crippen LogP contribution in [-0.4, -0.2) is 16.6 Å². The third-order valence-electron chi connectivity index (χ3n) is 2.27. The number of aromatic nitrogens is 2. The van der Waals surface area contributed by atoms with Gasteiger partial charge in [-0.25, -0.2) is 9.97 Å². The molecule has 0 spiro atoms. The van der Waals surface area contributed by atoms with Gasteiger partial charge in [-0.05, 0) is 47.7 Å². The molecule has 1 heterocycles. The highest BCUT2D eigenvalue weighted by molar-refractivity contribution is 14.1. The van der Waals surface area contributed by atoms with Crippen LogP contribution in [0.15, 0.2) is 30.3 Å².